The molecule has 6 heteroatoms. The van der Waals surface area contributed by atoms with Gasteiger partial charge in [-0.1, -0.05) is 26.0 Å². The molecule has 0 bridgehead atoms. The number of hydrogen-bond donors (Lipinski definition) is 1. The molecule has 1 amide bonds. The van der Waals surface area contributed by atoms with Crippen LogP contribution in [0, 0.1) is 5.92 Å². The lowest BCUT2D eigenvalue weighted by atomic mass is 10.0. The molecule has 1 unspecified atom stereocenters. The molecule has 4 nitrogen and oxygen atoms in total. The number of carbonyl (C=O) groups excluding carboxylic acids is 1. The number of nitrogens with zero attached hydrogens (tertiary/aromatic N) is 1. The van der Waals surface area contributed by atoms with E-state index in [1.165, 1.54) is 0 Å². The number of carbonyl (C=O) groups is 1. The minimum Gasteiger partial charge on any atom is -0.340 e. The standard InChI is InChI=1S/C15H24N2O2S.ClH/c1-11(2)9-14(16)15(18)17(3)10-12-5-7-13(8-6-12)20(4)19;/h5-8,11,14H,9-10,16H2,1-4H3;1H/t14-,20?;/m0./s1. The third-order valence-corrected chi connectivity index (χ3v) is 4.03. The highest BCUT2D eigenvalue weighted by molar-refractivity contribution is 7.84. The van der Waals surface area contributed by atoms with Gasteiger partial charge in [0.05, 0.1) is 6.04 Å². The van der Waals surface area contributed by atoms with E-state index in [4.69, 9.17) is 5.73 Å². The number of halogens is 1. The number of hydrogen-bond acceptors (Lipinski definition) is 3. The van der Waals surface area contributed by atoms with E-state index >= 15 is 0 Å². The lowest BCUT2D eigenvalue weighted by molar-refractivity contribution is -0.132. The second-order valence-corrected chi connectivity index (χ2v) is 6.91. The molecule has 0 aliphatic heterocycles. The predicted molar refractivity (Wildman–Crippen MR) is 89.9 cm³/mol. The summed E-state index contributed by atoms with van der Waals surface area (Å²) >= 11 is 0. The first-order valence-corrected chi connectivity index (χ1v) is 8.30. The van der Waals surface area contributed by atoms with Gasteiger partial charge >= 0.3 is 0 Å². The lowest BCUT2D eigenvalue weighted by Crippen LogP contribution is -2.42. The molecule has 0 aromatic heterocycles. The van der Waals surface area contributed by atoms with Gasteiger partial charge in [-0.3, -0.25) is 9.00 Å². The Hall–Kier alpha value is -0.910. The first-order valence-electron chi connectivity index (χ1n) is 6.74. The monoisotopic (exact) mass is 332 g/mol. The van der Waals surface area contributed by atoms with Crippen molar-refractivity contribution in [2.24, 2.45) is 11.7 Å². The molecule has 0 fully saturated rings. The van der Waals surface area contributed by atoms with Gasteiger partial charge in [0.1, 0.15) is 0 Å². The van der Waals surface area contributed by atoms with Crippen LogP contribution in [0.15, 0.2) is 29.2 Å². The van der Waals surface area contributed by atoms with Gasteiger partial charge in [-0.2, -0.15) is 0 Å². The van der Waals surface area contributed by atoms with Gasteiger partial charge in [-0.15, -0.1) is 12.4 Å². The van der Waals surface area contributed by atoms with Crippen molar-refractivity contribution in [1.82, 2.24) is 4.90 Å². The van der Waals surface area contributed by atoms with Crippen molar-refractivity contribution in [3.8, 4) is 0 Å². The van der Waals surface area contributed by atoms with Gasteiger partial charge < -0.3 is 10.6 Å². The van der Waals surface area contributed by atoms with Gasteiger partial charge in [-0.05, 0) is 30.0 Å². The zero-order valence-electron chi connectivity index (χ0n) is 13.0. The van der Waals surface area contributed by atoms with Crippen LogP contribution in [0.1, 0.15) is 25.8 Å². The molecule has 120 valence electrons. The lowest BCUT2D eigenvalue weighted by Gasteiger charge is -2.22. The summed E-state index contributed by atoms with van der Waals surface area (Å²) in [6.45, 7) is 4.62. The van der Waals surface area contributed by atoms with E-state index in [9.17, 15) is 9.00 Å². The largest absolute Gasteiger partial charge is 0.340 e. The van der Waals surface area contributed by atoms with E-state index in [1.807, 2.05) is 24.3 Å². The smallest absolute Gasteiger partial charge is 0.239 e. The molecule has 0 aliphatic carbocycles. The molecule has 0 saturated carbocycles. The topological polar surface area (TPSA) is 63.4 Å². The Kier molecular flexibility index (Phi) is 8.78. The second-order valence-electron chi connectivity index (χ2n) is 5.53. The van der Waals surface area contributed by atoms with Crippen LogP contribution in [0.5, 0.6) is 0 Å². The summed E-state index contributed by atoms with van der Waals surface area (Å²) in [5, 5.41) is 0. The zero-order chi connectivity index (χ0) is 15.3. The van der Waals surface area contributed by atoms with Crippen molar-refractivity contribution < 1.29 is 9.00 Å². The van der Waals surface area contributed by atoms with E-state index in [2.05, 4.69) is 13.8 Å². The molecule has 0 saturated heterocycles. The van der Waals surface area contributed by atoms with E-state index < -0.39 is 16.8 Å². The summed E-state index contributed by atoms with van der Waals surface area (Å²) in [5.74, 6) is 0.364. The Balaban J connectivity index is 0.00000400. The van der Waals surface area contributed by atoms with E-state index in [0.717, 1.165) is 10.5 Å². The Morgan fingerprint density at radius 1 is 1.29 bits per heavy atom. The number of amides is 1. The van der Waals surface area contributed by atoms with Crippen LogP contribution in [0.4, 0.5) is 0 Å². The SMILES string of the molecule is CC(C)C[C@H](N)C(=O)N(C)Cc1ccc(S(C)=O)cc1.Cl. The number of benzene rings is 1. The van der Waals surface area contributed by atoms with Crippen LogP contribution >= 0.6 is 12.4 Å². The predicted octanol–water partition coefficient (Wildman–Crippen LogP) is 2.18. The fourth-order valence-corrected chi connectivity index (χ4v) is 2.55. The van der Waals surface area contributed by atoms with Gasteiger partial charge in [0.25, 0.3) is 0 Å². The van der Waals surface area contributed by atoms with Crippen LogP contribution in [0.2, 0.25) is 0 Å². The summed E-state index contributed by atoms with van der Waals surface area (Å²) < 4.78 is 11.3. The molecule has 1 aromatic rings. The highest BCUT2D eigenvalue weighted by Crippen LogP contribution is 2.11. The summed E-state index contributed by atoms with van der Waals surface area (Å²) in [7, 11) is 0.785. The molecule has 21 heavy (non-hydrogen) atoms. The van der Waals surface area contributed by atoms with Crippen LogP contribution < -0.4 is 5.73 Å². The highest BCUT2D eigenvalue weighted by Gasteiger charge is 2.19. The minimum absolute atomic E-state index is 0. The van der Waals surface area contributed by atoms with Gasteiger partial charge in [0.2, 0.25) is 5.91 Å². The van der Waals surface area contributed by atoms with Crippen LogP contribution in [-0.4, -0.2) is 34.4 Å². The van der Waals surface area contributed by atoms with Crippen molar-refractivity contribution in [3.63, 3.8) is 0 Å². The maximum Gasteiger partial charge on any atom is 0.239 e. The Morgan fingerprint density at radius 3 is 2.24 bits per heavy atom. The molecule has 0 radical (unpaired) electrons. The minimum atomic E-state index is -0.973. The quantitative estimate of drug-likeness (QED) is 0.868. The molecule has 0 heterocycles. The third kappa shape index (κ3) is 6.59. The molecular formula is C15H25ClN2O2S. The van der Waals surface area contributed by atoms with Crippen LogP contribution in [0.3, 0.4) is 0 Å². The Morgan fingerprint density at radius 2 is 1.81 bits per heavy atom. The maximum atomic E-state index is 12.1. The summed E-state index contributed by atoms with van der Waals surface area (Å²) in [6.07, 6.45) is 2.34. The highest BCUT2D eigenvalue weighted by atomic mass is 35.5. The maximum absolute atomic E-state index is 12.1. The fraction of sp³-hybridized carbons (Fsp3) is 0.533. The van der Waals surface area contributed by atoms with Crippen molar-refractivity contribution in [1.29, 1.82) is 0 Å². The molecule has 1 aromatic carbocycles. The molecule has 1 rings (SSSR count). The number of rotatable bonds is 6. The van der Waals surface area contributed by atoms with Crippen LogP contribution in [0.25, 0.3) is 0 Å². The van der Waals surface area contributed by atoms with E-state index in [1.54, 1.807) is 18.2 Å². The van der Waals surface area contributed by atoms with Crippen LogP contribution in [-0.2, 0) is 22.1 Å². The van der Waals surface area contributed by atoms with Crippen molar-refractivity contribution in [2.45, 2.75) is 37.8 Å². The third-order valence-electron chi connectivity index (χ3n) is 3.09. The van der Waals surface area contributed by atoms with E-state index in [-0.39, 0.29) is 18.3 Å². The summed E-state index contributed by atoms with van der Waals surface area (Å²) in [5.41, 5.74) is 6.91. The van der Waals surface area contributed by atoms with E-state index in [0.29, 0.717) is 18.9 Å². The van der Waals surface area contributed by atoms with Gasteiger partial charge in [0, 0.05) is 35.5 Å². The molecular weight excluding hydrogens is 308 g/mol. The average molecular weight is 333 g/mol. The van der Waals surface area contributed by atoms with Gasteiger partial charge in [0.15, 0.2) is 0 Å². The Bertz CT molecular complexity index is 477. The molecule has 2 N–H and O–H groups in total. The first kappa shape index (κ1) is 20.1. The number of nitrogens with two attached hydrogens (primary N) is 1. The number of likely N-dealkylation sites (N-methyl/N-ethyl adjacent to an activating group) is 1. The van der Waals surface area contributed by atoms with Gasteiger partial charge in [-0.25, -0.2) is 0 Å². The molecule has 0 spiro atoms. The Labute approximate surface area is 136 Å². The van der Waals surface area contributed by atoms with Crippen molar-refractivity contribution in [3.05, 3.63) is 29.8 Å². The summed E-state index contributed by atoms with van der Waals surface area (Å²) in [4.78, 5) is 14.5. The first-order chi connectivity index (χ1) is 9.31. The fourth-order valence-electron chi connectivity index (χ4n) is 2.03. The molecule has 2 atom stereocenters. The summed E-state index contributed by atoms with van der Waals surface area (Å²) in [6, 6.07) is 7.01. The average Bonchev–Trinajstić information content (AvgIpc) is 2.37. The van der Waals surface area contributed by atoms with Crippen molar-refractivity contribution >= 4 is 29.1 Å². The van der Waals surface area contributed by atoms with Crippen molar-refractivity contribution in [2.75, 3.05) is 13.3 Å². The molecule has 0 aliphatic rings. The zero-order valence-corrected chi connectivity index (χ0v) is 14.7. The second kappa shape index (κ2) is 9.18. The normalized spacial score (nSPS) is 13.4.